The van der Waals surface area contributed by atoms with Crippen molar-refractivity contribution in [2.45, 2.75) is 25.4 Å². The normalized spacial score (nSPS) is 12.1. The molecular weight excluding hydrogens is 351 g/mol. The van der Waals surface area contributed by atoms with Gasteiger partial charge in [0.1, 0.15) is 11.6 Å². The molecule has 138 valence electrons. The fourth-order valence-electron chi connectivity index (χ4n) is 3.08. The van der Waals surface area contributed by atoms with Crippen LogP contribution in [0, 0.1) is 11.6 Å². The van der Waals surface area contributed by atoms with E-state index in [1.54, 1.807) is 0 Å². The largest absolute Gasteiger partial charge is 0.416 e. The first-order valence-corrected chi connectivity index (χ1v) is 8.18. The molecule has 3 aromatic rings. The summed E-state index contributed by atoms with van der Waals surface area (Å²) in [5.41, 5.74) is 6.01. The minimum atomic E-state index is -4.49. The maximum absolute atomic E-state index is 14.1. The Labute approximate surface area is 146 Å². The van der Waals surface area contributed by atoms with Gasteiger partial charge in [0.25, 0.3) is 0 Å². The smallest absolute Gasteiger partial charge is 0.352 e. The first-order valence-electron chi connectivity index (χ1n) is 8.18. The molecular formula is C19H17F5N2. The van der Waals surface area contributed by atoms with Gasteiger partial charge in [0, 0.05) is 17.1 Å². The molecule has 2 nitrogen and oxygen atoms in total. The lowest BCUT2D eigenvalue weighted by molar-refractivity contribution is -0.137. The number of unbranched alkanes of at least 4 members (excludes halogenated alkanes) is 1. The van der Waals surface area contributed by atoms with E-state index in [1.165, 1.54) is 18.2 Å². The average Bonchev–Trinajstić information content (AvgIpc) is 2.93. The third-order valence-electron chi connectivity index (χ3n) is 4.29. The van der Waals surface area contributed by atoms with Crippen LogP contribution in [0.25, 0.3) is 22.2 Å². The van der Waals surface area contributed by atoms with Crippen LogP contribution in [0.2, 0.25) is 0 Å². The summed E-state index contributed by atoms with van der Waals surface area (Å²) < 4.78 is 66.9. The summed E-state index contributed by atoms with van der Waals surface area (Å²) >= 11 is 0. The second-order valence-corrected chi connectivity index (χ2v) is 6.11. The van der Waals surface area contributed by atoms with Crippen LogP contribution < -0.4 is 5.73 Å². The molecule has 0 saturated carbocycles. The molecule has 0 aliphatic carbocycles. The van der Waals surface area contributed by atoms with Gasteiger partial charge in [-0.25, -0.2) is 8.78 Å². The van der Waals surface area contributed by atoms with Crippen molar-refractivity contribution in [1.29, 1.82) is 0 Å². The average molecular weight is 368 g/mol. The van der Waals surface area contributed by atoms with E-state index in [0.29, 0.717) is 42.5 Å². The molecule has 0 spiro atoms. The summed E-state index contributed by atoms with van der Waals surface area (Å²) in [5.74, 6) is -1.51. The van der Waals surface area contributed by atoms with E-state index in [1.807, 2.05) is 0 Å². The molecule has 0 saturated heterocycles. The second kappa shape index (κ2) is 7.07. The van der Waals surface area contributed by atoms with Gasteiger partial charge in [-0.15, -0.1) is 0 Å². The maximum Gasteiger partial charge on any atom is 0.416 e. The molecule has 3 rings (SSSR count). The topological polar surface area (TPSA) is 41.8 Å². The Kier molecular flexibility index (Phi) is 5.00. The molecule has 0 radical (unpaired) electrons. The monoisotopic (exact) mass is 368 g/mol. The van der Waals surface area contributed by atoms with Gasteiger partial charge in [0.05, 0.1) is 11.1 Å². The number of benzene rings is 2. The molecule has 0 atom stereocenters. The van der Waals surface area contributed by atoms with Crippen molar-refractivity contribution < 1.29 is 22.0 Å². The number of aromatic nitrogens is 1. The van der Waals surface area contributed by atoms with Crippen LogP contribution in [0.4, 0.5) is 22.0 Å². The van der Waals surface area contributed by atoms with Gasteiger partial charge in [-0.3, -0.25) is 0 Å². The van der Waals surface area contributed by atoms with Crippen LogP contribution in [0.3, 0.4) is 0 Å². The molecule has 0 aliphatic heterocycles. The van der Waals surface area contributed by atoms with Crippen molar-refractivity contribution in [1.82, 2.24) is 4.98 Å². The van der Waals surface area contributed by atoms with Gasteiger partial charge in [-0.05, 0) is 55.1 Å². The minimum absolute atomic E-state index is 0.0848. The lowest BCUT2D eigenvalue weighted by Gasteiger charge is -2.10. The number of hydrogen-bond donors (Lipinski definition) is 2. The second-order valence-electron chi connectivity index (χ2n) is 6.11. The van der Waals surface area contributed by atoms with E-state index in [2.05, 4.69) is 4.98 Å². The number of aromatic amines is 1. The third kappa shape index (κ3) is 3.58. The molecule has 0 fully saturated rings. The summed E-state index contributed by atoms with van der Waals surface area (Å²) in [7, 11) is 0. The van der Waals surface area contributed by atoms with Crippen LogP contribution in [-0.4, -0.2) is 11.5 Å². The Morgan fingerprint density at radius 2 is 1.77 bits per heavy atom. The lowest BCUT2D eigenvalue weighted by atomic mass is 9.99. The SMILES string of the molecule is NCCCCc1c(-c2cccc(C(F)(F)F)c2)[nH]c2c(F)cc(F)cc12. The third-order valence-corrected chi connectivity index (χ3v) is 4.29. The van der Waals surface area contributed by atoms with Crippen molar-refractivity contribution in [2.75, 3.05) is 6.54 Å². The summed E-state index contributed by atoms with van der Waals surface area (Å²) in [6.45, 7) is 0.462. The van der Waals surface area contributed by atoms with Gasteiger partial charge in [-0.2, -0.15) is 13.2 Å². The maximum atomic E-state index is 14.1. The number of nitrogens with one attached hydrogen (secondary N) is 1. The molecule has 0 amide bonds. The zero-order valence-electron chi connectivity index (χ0n) is 13.8. The number of halogens is 5. The molecule has 0 aliphatic rings. The fraction of sp³-hybridized carbons (Fsp3) is 0.263. The first kappa shape index (κ1) is 18.4. The molecule has 7 heteroatoms. The number of fused-ring (bicyclic) bond motifs is 1. The van der Waals surface area contributed by atoms with Crippen molar-refractivity contribution in [3.05, 3.63) is 59.2 Å². The summed E-state index contributed by atoms with van der Waals surface area (Å²) in [4.78, 5) is 2.84. The first-order chi connectivity index (χ1) is 12.3. The van der Waals surface area contributed by atoms with E-state index < -0.39 is 23.4 Å². The van der Waals surface area contributed by atoms with Gasteiger partial charge < -0.3 is 10.7 Å². The molecule has 1 aromatic heterocycles. The van der Waals surface area contributed by atoms with E-state index in [-0.39, 0.29) is 11.1 Å². The fourth-order valence-corrected chi connectivity index (χ4v) is 3.08. The van der Waals surface area contributed by atoms with Crippen LogP contribution in [0.15, 0.2) is 36.4 Å². The predicted octanol–water partition coefficient (Wildman–Crippen LogP) is 5.41. The summed E-state index contributed by atoms with van der Waals surface area (Å²) in [6.07, 6.45) is -2.68. The Morgan fingerprint density at radius 3 is 2.46 bits per heavy atom. The van der Waals surface area contributed by atoms with Crippen molar-refractivity contribution in [3.8, 4) is 11.3 Å². The number of rotatable bonds is 5. The van der Waals surface area contributed by atoms with Crippen molar-refractivity contribution in [3.63, 3.8) is 0 Å². The van der Waals surface area contributed by atoms with E-state index in [9.17, 15) is 22.0 Å². The van der Waals surface area contributed by atoms with Gasteiger partial charge in [0.15, 0.2) is 0 Å². The Balaban J connectivity index is 2.18. The Morgan fingerprint density at radius 1 is 1.00 bits per heavy atom. The zero-order chi connectivity index (χ0) is 18.9. The molecule has 0 bridgehead atoms. The van der Waals surface area contributed by atoms with Crippen molar-refractivity contribution >= 4 is 10.9 Å². The van der Waals surface area contributed by atoms with Gasteiger partial charge in [0.2, 0.25) is 0 Å². The highest BCUT2D eigenvalue weighted by Gasteiger charge is 2.31. The van der Waals surface area contributed by atoms with Crippen LogP contribution >= 0.6 is 0 Å². The number of H-pyrrole nitrogens is 1. The summed E-state index contributed by atoms with van der Waals surface area (Å²) in [5, 5.41) is 0.340. The highest BCUT2D eigenvalue weighted by molar-refractivity contribution is 5.91. The number of alkyl halides is 3. The van der Waals surface area contributed by atoms with Gasteiger partial charge in [-0.1, -0.05) is 12.1 Å². The van der Waals surface area contributed by atoms with Crippen molar-refractivity contribution in [2.24, 2.45) is 5.73 Å². The summed E-state index contributed by atoms with van der Waals surface area (Å²) in [6, 6.07) is 6.74. The molecule has 1 heterocycles. The molecule has 26 heavy (non-hydrogen) atoms. The van der Waals surface area contributed by atoms with Crippen LogP contribution in [0.5, 0.6) is 0 Å². The van der Waals surface area contributed by atoms with E-state index >= 15 is 0 Å². The number of nitrogens with two attached hydrogens (primary N) is 1. The Hall–Kier alpha value is -2.41. The quantitative estimate of drug-likeness (QED) is 0.459. The van der Waals surface area contributed by atoms with Crippen LogP contribution in [0.1, 0.15) is 24.0 Å². The highest BCUT2D eigenvalue weighted by atomic mass is 19.4. The Bertz CT molecular complexity index is 928. The number of aryl methyl sites for hydroxylation is 1. The standard InChI is InChI=1S/C19H17F5N2/c20-13-9-15-14(6-1-2-7-25)17(26-18(15)16(21)10-13)11-4-3-5-12(8-11)19(22,23)24/h3-5,8-10,26H,1-2,6-7,25H2. The van der Waals surface area contributed by atoms with E-state index in [0.717, 1.165) is 18.2 Å². The van der Waals surface area contributed by atoms with Crippen LogP contribution in [-0.2, 0) is 12.6 Å². The zero-order valence-corrected chi connectivity index (χ0v) is 13.8. The minimum Gasteiger partial charge on any atom is -0.352 e. The van der Waals surface area contributed by atoms with Gasteiger partial charge >= 0.3 is 6.18 Å². The molecule has 3 N–H and O–H groups in total. The molecule has 0 unspecified atom stereocenters. The predicted molar refractivity (Wildman–Crippen MR) is 90.6 cm³/mol. The van der Waals surface area contributed by atoms with E-state index in [4.69, 9.17) is 5.73 Å². The highest BCUT2D eigenvalue weighted by Crippen LogP contribution is 2.36. The molecule has 2 aromatic carbocycles. The lowest BCUT2D eigenvalue weighted by Crippen LogP contribution is -2.04. The number of hydrogen-bond acceptors (Lipinski definition) is 1.